The van der Waals surface area contributed by atoms with Gasteiger partial charge in [-0.15, -0.1) is 0 Å². The molecule has 0 atom stereocenters. The minimum absolute atomic E-state index is 0.102. The van der Waals surface area contributed by atoms with E-state index in [0.29, 0.717) is 12.3 Å². The molecule has 2 rings (SSSR count). The van der Waals surface area contributed by atoms with Crippen LogP contribution in [-0.2, 0) is 10.0 Å². The van der Waals surface area contributed by atoms with Crippen molar-refractivity contribution in [3.05, 3.63) is 47.4 Å². The van der Waals surface area contributed by atoms with E-state index in [2.05, 4.69) is 4.98 Å². The summed E-state index contributed by atoms with van der Waals surface area (Å²) >= 11 is 5.75. The Hall–Kier alpha value is -1.86. The quantitative estimate of drug-likeness (QED) is 0.788. The Bertz CT molecular complexity index is 782. The monoisotopic (exact) mass is 358 g/mol. The van der Waals surface area contributed by atoms with Gasteiger partial charge in [0.05, 0.1) is 30.4 Å². The molecule has 0 N–H and O–H groups in total. The molecule has 2 aromatic rings. The number of nitrogens with zero attached hydrogens (tertiary/aromatic N) is 2. The van der Waals surface area contributed by atoms with Crippen LogP contribution in [-0.4, -0.2) is 26.3 Å². The maximum absolute atomic E-state index is 14.3. The second kappa shape index (κ2) is 7.14. The van der Waals surface area contributed by atoms with Crippen LogP contribution in [0.1, 0.15) is 13.3 Å². The topological polar surface area (TPSA) is 59.5 Å². The highest BCUT2D eigenvalue weighted by Crippen LogP contribution is 2.33. The molecule has 0 spiro atoms. The second-order valence-corrected chi connectivity index (χ2v) is 7.11. The molecule has 0 radical (unpaired) electrons. The lowest BCUT2D eigenvalue weighted by Gasteiger charge is -2.24. The summed E-state index contributed by atoms with van der Waals surface area (Å²) in [6.07, 6.45) is 1.72. The fourth-order valence-corrected chi connectivity index (χ4v) is 3.79. The Morgan fingerprint density at radius 2 is 2.04 bits per heavy atom. The standard InChI is InChI=1S/C15H16ClFN2O3S/c1-3-8-23(20,21)19(12-5-7-15(22-2)18-10-12)14-6-4-11(16)9-13(14)17/h4-7,9-10H,3,8H2,1-2H3. The summed E-state index contributed by atoms with van der Waals surface area (Å²) < 4.78 is 45.3. The number of pyridine rings is 1. The van der Waals surface area contributed by atoms with Crippen LogP contribution in [0.2, 0.25) is 5.02 Å². The second-order valence-electron chi connectivity index (χ2n) is 4.73. The molecule has 1 heterocycles. The van der Waals surface area contributed by atoms with Crippen molar-refractivity contribution in [2.45, 2.75) is 13.3 Å². The predicted molar refractivity (Wildman–Crippen MR) is 88.4 cm³/mol. The van der Waals surface area contributed by atoms with Gasteiger partial charge in [-0.25, -0.2) is 22.1 Å². The summed E-state index contributed by atoms with van der Waals surface area (Å²) in [5, 5.41) is 0.187. The first kappa shape index (κ1) is 17.5. The highest BCUT2D eigenvalue weighted by atomic mass is 35.5. The molecule has 1 aromatic heterocycles. The fourth-order valence-electron chi connectivity index (χ4n) is 2.06. The molecule has 124 valence electrons. The maximum atomic E-state index is 14.3. The van der Waals surface area contributed by atoms with Gasteiger partial charge in [-0.3, -0.25) is 0 Å². The molecule has 23 heavy (non-hydrogen) atoms. The molecule has 8 heteroatoms. The first-order valence-corrected chi connectivity index (χ1v) is 8.86. The van der Waals surface area contributed by atoms with Crippen molar-refractivity contribution in [2.75, 3.05) is 17.2 Å². The van der Waals surface area contributed by atoms with E-state index in [4.69, 9.17) is 16.3 Å². The number of ether oxygens (including phenoxy) is 1. The van der Waals surface area contributed by atoms with E-state index < -0.39 is 15.8 Å². The number of rotatable bonds is 6. The molecule has 0 bridgehead atoms. The van der Waals surface area contributed by atoms with E-state index in [9.17, 15) is 12.8 Å². The van der Waals surface area contributed by atoms with Crippen LogP contribution in [0.4, 0.5) is 15.8 Å². The molecule has 1 aromatic carbocycles. The number of methoxy groups -OCH3 is 1. The lowest BCUT2D eigenvalue weighted by Crippen LogP contribution is -2.29. The average molecular weight is 359 g/mol. The van der Waals surface area contributed by atoms with Crippen molar-refractivity contribution in [2.24, 2.45) is 0 Å². The zero-order valence-corrected chi connectivity index (χ0v) is 14.2. The SMILES string of the molecule is CCCS(=O)(=O)N(c1ccc(OC)nc1)c1ccc(Cl)cc1F. The Balaban J connectivity index is 2.59. The number of hydrogen-bond acceptors (Lipinski definition) is 4. The molecule has 0 saturated heterocycles. The smallest absolute Gasteiger partial charge is 0.239 e. The summed E-state index contributed by atoms with van der Waals surface area (Å²) in [5.41, 5.74) is 0.121. The van der Waals surface area contributed by atoms with Crippen LogP contribution in [0.3, 0.4) is 0 Å². The lowest BCUT2D eigenvalue weighted by molar-refractivity contribution is 0.398. The van der Waals surface area contributed by atoms with E-state index in [-0.39, 0.29) is 22.2 Å². The van der Waals surface area contributed by atoms with Gasteiger partial charge in [0.25, 0.3) is 0 Å². The van der Waals surface area contributed by atoms with Crippen LogP contribution < -0.4 is 9.04 Å². The van der Waals surface area contributed by atoms with Gasteiger partial charge in [-0.2, -0.15) is 0 Å². The molecule has 0 fully saturated rings. The Labute approximate surface area is 139 Å². The summed E-state index contributed by atoms with van der Waals surface area (Å²) in [4.78, 5) is 3.99. The van der Waals surface area contributed by atoms with Crippen molar-refractivity contribution in [3.8, 4) is 5.88 Å². The van der Waals surface area contributed by atoms with Gasteiger partial charge >= 0.3 is 0 Å². The van der Waals surface area contributed by atoms with Crippen LogP contribution in [0.15, 0.2) is 36.5 Å². The molecule has 0 unspecified atom stereocenters. The molecule has 0 aliphatic carbocycles. The number of anilines is 2. The molecular weight excluding hydrogens is 343 g/mol. The highest BCUT2D eigenvalue weighted by molar-refractivity contribution is 7.93. The molecule has 0 saturated carbocycles. The van der Waals surface area contributed by atoms with Gasteiger partial charge in [0.1, 0.15) is 5.82 Å². The zero-order chi connectivity index (χ0) is 17.0. The predicted octanol–water partition coefficient (Wildman–Crippen LogP) is 3.76. The summed E-state index contributed by atoms with van der Waals surface area (Å²) in [6.45, 7) is 1.74. The van der Waals surface area contributed by atoms with E-state index in [1.54, 1.807) is 6.92 Å². The minimum atomic E-state index is -3.76. The normalized spacial score (nSPS) is 11.3. The number of benzene rings is 1. The molecule has 0 aliphatic rings. The van der Waals surface area contributed by atoms with Crippen LogP contribution in [0.5, 0.6) is 5.88 Å². The summed E-state index contributed by atoms with van der Waals surface area (Å²) in [7, 11) is -2.31. The van der Waals surface area contributed by atoms with Crippen molar-refractivity contribution in [1.82, 2.24) is 4.98 Å². The van der Waals surface area contributed by atoms with Crippen molar-refractivity contribution in [1.29, 1.82) is 0 Å². The lowest BCUT2D eigenvalue weighted by atomic mass is 10.3. The van der Waals surface area contributed by atoms with Crippen molar-refractivity contribution in [3.63, 3.8) is 0 Å². The largest absolute Gasteiger partial charge is 0.481 e. The first-order valence-electron chi connectivity index (χ1n) is 6.87. The molecule has 0 aliphatic heterocycles. The maximum Gasteiger partial charge on any atom is 0.239 e. The van der Waals surface area contributed by atoms with Gasteiger partial charge in [-0.1, -0.05) is 18.5 Å². The third kappa shape index (κ3) is 3.92. The third-order valence-electron chi connectivity index (χ3n) is 3.03. The Morgan fingerprint density at radius 1 is 1.30 bits per heavy atom. The number of halogens is 2. The minimum Gasteiger partial charge on any atom is -0.481 e. The number of sulfonamides is 1. The highest BCUT2D eigenvalue weighted by Gasteiger charge is 2.26. The summed E-state index contributed by atoms with van der Waals surface area (Å²) in [5.74, 6) is -0.521. The third-order valence-corrected chi connectivity index (χ3v) is 5.16. The Morgan fingerprint density at radius 3 is 2.57 bits per heavy atom. The molecule has 0 amide bonds. The van der Waals surface area contributed by atoms with E-state index >= 15 is 0 Å². The average Bonchev–Trinajstić information content (AvgIpc) is 2.50. The van der Waals surface area contributed by atoms with E-state index in [1.807, 2.05) is 0 Å². The summed E-state index contributed by atoms with van der Waals surface area (Å²) in [6, 6.07) is 6.85. The fraction of sp³-hybridized carbons (Fsp3) is 0.267. The number of hydrogen-bond donors (Lipinski definition) is 0. The zero-order valence-electron chi connectivity index (χ0n) is 12.7. The van der Waals surface area contributed by atoms with E-state index in [0.717, 1.165) is 10.4 Å². The van der Waals surface area contributed by atoms with E-state index in [1.165, 1.54) is 37.6 Å². The molecule has 5 nitrogen and oxygen atoms in total. The Kier molecular flexibility index (Phi) is 5.43. The first-order chi connectivity index (χ1) is 10.9. The van der Waals surface area contributed by atoms with Crippen molar-refractivity contribution >= 4 is 33.0 Å². The van der Waals surface area contributed by atoms with Crippen LogP contribution in [0, 0.1) is 5.82 Å². The molecular formula is C15H16ClFN2O3S. The van der Waals surface area contributed by atoms with Gasteiger partial charge in [0, 0.05) is 11.1 Å². The number of aromatic nitrogens is 1. The van der Waals surface area contributed by atoms with Crippen LogP contribution >= 0.6 is 11.6 Å². The van der Waals surface area contributed by atoms with Crippen molar-refractivity contribution < 1.29 is 17.5 Å². The van der Waals surface area contributed by atoms with Gasteiger partial charge in [0.15, 0.2) is 0 Å². The van der Waals surface area contributed by atoms with Crippen LogP contribution in [0.25, 0.3) is 0 Å². The van der Waals surface area contributed by atoms with Gasteiger partial charge in [0.2, 0.25) is 15.9 Å². The van der Waals surface area contributed by atoms with Gasteiger partial charge < -0.3 is 4.74 Å². The van der Waals surface area contributed by atoms with Gasteiger partial charge in [-0.05, 0) is 30.7 Å².